The molecule has 6 rings (SSSR count). The summed E-state index contributed by atoms with van der Waals surface area (Å²) in [5.74, 6) is -0.673. The number of fused-ring (bicyclic) bond motifs is 9. The molecular formula is C36H40N2O6. The lowest BCUT2D eigenvalue weighted by molar-refractivity contribution is -0.183. The van der Waals surface area contributed by atoms with Gasteiger partial charge in [0.15, 0.2) is 17.7 Å². The van der Waals surface area contributed by atoms with Crippen molar-refractivity contribution in [3.8, 4) is 0 Å². The molecule has 0 saturated carbocycles. The number of hydrogen-bond acceptors (Lipinski definition) is 7. The number of ether oxygens (including phenoxy) is 2. The van der Waals surface area contributed by atoms with Gasteiger partial charge in [0.25, 0.3) is 0 Å². The minimum absolute atomic E-state index is 0.0417. The van der Waals surface area contributed by atoms with Crippen LogP contribution >= 0.6 is 0 Å². The molecule has 0 aromatic heterocycles. The number of aryl methyl sites for hydroxylation is 1. The van der Waals surface area contributed by atoms with Crippen LogP contribution < -0.4 is 10.6 Å². The summed E-state index contributed by atoms with van der Waals surface area (Å²) in [6.45, 7) is 10.6. The standard InChI is InChI=1S/C36H40N2O6/c1-6-7-20(3)18-37-28(39)14-15-29(40)44-35-21(4)43-27-17-36(35,5)38-32-24(27)12-13-26-31(32)34(42)25-11-9-22-16-19(2)8-10-23(22)30(25)33(26)41/h8-13,16,20-21,27,35,38H,6-7,14-15,17-18H2,1-5H3,(H,37,39). The molecule has 44 heavy (non-hydrogen) atoms. The molecule has 8 nitrogen and oxygen atoms in total. The van der Waals surface area contributed by atoms with E-state index in [4.69, 9.17) is 9.47 Å². The van der Waals surface area contributed by atoms with E-state index in [-0.39, 0.29) is 36.4 Å². The second kappa shape index (κ2) is 11.5. The highest BCUT2D eigenvalue weighted by atomic mass is 16.6. The van der Waals surface area contributed by atoms with Crippen molar-refractivity contribution in [3.05, 3.63) is 75.8 Å². The van der Waals surface area contributed by atoms with E-state index in [9.17, 15) is 19.2 Å². The van der Waals surface area contributed by atoms with Crippen molar-refractivity contribution in [2.45, 2.75) is 90.6 Å². The van der Waals surface area contributed by atoms with Crippen molar-refractivity contribution in [3.63, 3.8) is 0 Å². The highest BCUT2D eigenvalue weighted by Gasteiger charge is 2.52. The Balaban J connectivity index is 1.24. The van der Waals surface area contributed by atoms with Gasteiger partial charge < -0.3 is 20.1 Å². The topological polar surface area (TPSA) is 111 Å². The first kappa shape index (κ1) is 30.0. The smallest absolute Gasteiger partial charge is 0.306 e. The molecule has 3 aromatic carbocycles. The Hall–Kier alpha value is -4.04. The molecule has 0 radical (unpaired) electrons. The van der Waals surface area contributed by atoms with Crippen molar-refractivity contribution < 1.29 is 28.7 Å². The van der Waals surface area contributed by atoms with Crippen molar-refractivity contribution in [1.82, 2.24) is 5.32 Å². The molecule has 1 aliphatic carbocycles. The Morgan fingerprint density at radius 1 is 1.07 bits per heavy atom. The van der Waals surface area contributed by atoms with E-state index >= 15 is 0 Å². The van der Waals surface area contributed by atoms with Crippen molar-refractivity contribution in [1.29, 1.82) is 0 Å². The van der Waals surface area contributed by atoms with E-state index in [0.29, 0.717) is 46.8 Å². The second-order valence-electron chi connectivity index (χ2n) is 13.0. The van der Waals surface area contributed by atoms with Crippen molar-refractivity contribution >= 4 is 39.9 Å². The number of esters is 1. The maximum absolute atomic E-state index is 14.1. The van der Waals surface area contributed by atoms with Gasteiger partial charge in [-0.1, -0.05) is 56.2 Å². The molecule has 1 fully saturated rings. The van der Waals surface area contributed by atoms with E-state index in [1.165, 1.54) is 0 Å². The van der Waals surface area contributed by atoms with Gasteiger partial charge in [0, 0.05) is 41.6 Å². The maximum atomic E-state index is 14.1. The number of hydrogen-bond donors (Lipinski definition) is 2. The number of carbonyl (C=O) groups excluding carboxylic acids is 4. The zero-order valence-corrected chi connectivity index (χ0v) is 26.0. The first-order chi connectivity index (χ1) is 21.0. The number of benzene rings is 3. The van der Waals surface area contributed by atoms with E-state index in [0.717, 1.165) is 34.7 Å². The Labute approximate surface area is 257 Å². The summed E-state index contributed by atoms with van der Waals surface area (Å²) in [4.78, 5) is 53.4. The first-order valence-electron chi connectivity index (χ1n) is 15.7. The van der Waals surface area contributed by atoms with Crippen molar-refractivity contribution in [2.24, 2.45) is 5.92 Å². The number of rotatable bonds is 8. The summed E-state index contributed by atoms with van der Waals surface area (Å²) in [5.41, 5.74) is 3.19. The minimum atomic E-state index is -0.761. The van der Waals surface area contributed by atoms with Crippen LogP contribution in [-0.2, 0) is 19.1 Å². The number of carbonyl (C=O) groups is 4. The van der Waals surface area contributed by atoms with Crippen LogP contribution in [0.15, 0.2) is 42.5 Å². The Morgan fingerprint density at radius 2 is 1.80 bits per heavy atom. The zero-order valence-electron chi connectivity index (χ0n) is 26.0. The van der Waals surface area contributed by atoms with Crippen LogP contribution in [-0.4, -0.2) is 47.7 Å². The van der Waals surface area contributed by atoms with E-state index in [2.05, 4.69) is 24.5 Å². The molecule has 2 heterocycles. The fraction of sp³-hybridized carbons (Fsp3) is 0.444. The van der Waals surface area contributed by atoms with Gasteiger partial charge >= 0.3 is 5.97 Å². The summed E-state index contributed by atoms with van der Waals surface area (Å²) in [6, 6.07) is 13.1. The van der Waals surface area contributed by atoms with Gasteiger partial charge in [-0.2, -0.15) is 0 Å². The molecule has 0 spiro atoms. The van der Waals surface area contributed by atoms with E-state index < -0.39 is 23.7 Å². The van der Waals surface area contributed by atoms with E-state index in [1.807, 2.05) is 51.1 Å². The summed E-state index contributed by atoms with van der Waals surface area (Å²) < 4.78 is 12.3. The quantitative estimate of drug-likeness (QED) is 0.233. The molecule has 3 aromatic rings. The molecule has 1 saturated heterocycles. The van der Waals surface area contributed by atoms with Crippen LogP contribution in [0.3, 0.4) is 0 Å². The Kier molecular flexibility index (Phi) is 7.82. The molecule has 2 aliphatic heterocycles. The molecule has 3 aliphatic rings. The third-order valence-corrected chi connectivity index (χ3v) is 9.40. The minimum Gasteiger partial charge on any atom is -0.457 e. The molecular weight excluding hydrogens is 556 g/mol. The zero-order chi connectivity index (χ0) is 31.3. The highest BCUT2D eigenvalue weighted by Crippen LogP contribution is 2.50. The van der Waals surface area contributed by atoms with Gasteiger partial charge in [-0.15, -0.1) is 0 Å². The number of ketones is 2. The summed E-state index contributed by atoms with van der Waals surface area (Å²) in [5, 5.41) is 8.13. The predicted molar refractivity (Wildman–Crippen MR) is 168 cm³/mol. The van der Waals surface area contributed by atoms with Gasteiger partial charge in [0.1, 0.15) is 0 Å². The first-order valence-corrected chi connectivity index (χ1v) is 15.7. The summed E-state index contributed by atoms with van der Waals surface area (Å²) >= 11 is 0. The Morgan fingerprint density at radius 3 is 2.57 bits per heavy atom. The normalized spacial score (nSPS) is 24.1. The molecule has 230 valence electrons. The number of anilines is 1. The molecule has 1 amide bonds. The van der Waals surface area contributed by atoms with Crippen molar-refractivity contribution in [2.75, 3.05) is 11.9 Å². The Bertz CT molecular complexity index is 1700. The third-order valence-electron chi connectivity index (χ3n) is 9.40. The van der Waals surface area contributed by atoms with Crippen LogP contribution in [0.25, 0.3) is 10.8 Å². The van der Waals surface area contributed by atoms with Crippen LogP contribution in [0.2, 0.25) is 0 Å². The number of amides is 1. The maximum Gasteiger partial charge on any atom is 0.306 e. The molecule has 5 unspecified atom stereocenters. The average molecular weight is 597 g/mol. The SMILES string of the molecule is CCCC(C)CNC(=O)CCC(=O)OC1C(C)OC2CC1(C)Nc1c2ccc2c1C(=O)c1ccc3cc(C)ccc3c1C2=O. The molecule has 8 heteroatoms. The molecule has 2 bridgehead atoms. The lowest BCUT2D eigenvalue weighted by Crippen LogP contribution is -2.61. The van der Waals surface area contributed by atoms with Crippen LogP contribution in [0, 0.1) is 12.8 Å². The fourth-order valence-electron chi connectivity index (χ4n) is 7.20. The van der Waals surface area contributed by atoms with Gasteiger partial charge in [-0.05, 0) is 56.0 Å². The monoisotopic (exact) mass is 596 g/mol. The van der Waals surface area contributed by atoms with Crippen LogP contribution in [0.4, 0.5) is 5.69 Å². The van der Waals surface area contributed by atoms with Crippen LogP contribution in [0.5, 0.6) is 0 Å². The largest absolute Gasteiger partial charge is 0.457 e. The summed E-state index contributed by atoms with van der Waals surface area (Å²) in [6.07, 6.45) is 1.16. The van der Waals surface area contributed by atoms with Gasteiger partial charge in [0.05, 0.1) is 35.4 Å². The lowest BCUT2D eigenvalue weighted by atomic mass is 9.73. The number of nitrogens with one attached hydrogen (secondary N) is 2. The summed E-state index contributed by atoms with van der Waals surface area (Å²) in [7, 11) is 0. The van der Waals surface area contributed by atoms with Crippen LogP contribution in [0.1, 0.15) is 109 Å². The molecule has 2 N–H and O–H groups in total. The molecule has 5 atom stereocenters. The third kappa shape index (κ3) is 5.19. The lowest BCUT2D eigenvalue weighted by Gasteiger charge is -2.52. The van der Waals surface area contributed by atoms with Gasteiger partial charge in [-0.3, -0.25) is 19.2 Å². The second-order valence-corrected chi connectivity index (χ2v) is 13.0. The predicted octanol–water partition coefficient (Wildman–Crippen LogP) is 6.20. The highest BCUT2D eigenvalue weighted by molar-refractivity contribution is 6.33. The van der Waals surface area contributed by atoms with Gasteiger partial charge in [-0.25, -0.2) is 0 Å². The van der Waals surface area contributed by atoms with Gasteiger partial charge in [0.2, 0.25) is 5.91 Å². The average Bonchev–Trinajstić information content (AvgIpc) is 2.98. The van der Waals surface area contributed by atoms with E-state index in [1.54, 1.807) is 12.1 Å². The fourth-order valence-corrected chi connectivity index (χ4v) is 7.20.